The number of hydrogen-bond acceptors (Lipinski definition) is 5. The standard InChI is InChI=1S/C19H14B2ClN5O/c20-19(21,13-1-3-16(22)24-11-13)14-7-10-27(18(14)28)17-4-2-15(25-26-17)12-5-8-23-9-6-12/h1-6,8-9,11,14H,7,10H2. The first-order chi connectivity index (χ1) is 13.5. The molecule has 1 fully saturated rings. The highest BCUT2D eigenvalue weighted by Crippen LogP contribution is 2.35. The van der Waals surface area contributed by atoms with Gasteiger partial charge in [0.1, 0.15) is 5.15 Å². The monoisotopic (exact) mass is 385 g/mol. The molecule has 9 heteroatoms. The molecule has 1 aliphatic heterocycles. The van der Waals surface area contributed by atoms with Crippen LogP contribution in [-0.2, 0) is 10.0 Å². The predicted molar refractivity (Wildman–Crippen MR) is 108 cm³/mol. The molecule has 0 aliphatic carbocycles. The summed E-state index contributed by atoms with van der Waals surface area (Å²) in [4.78, 5) is 22.5. The Labute approximate surface area is 170 Å². The molecule has 1 unspecified atom stereocenters. The van der Waals surface area contributed by atoms with E-state index in [1.165, 1.54) is 6.20 Å². The van der Waals surface area contributed by atoms with Crippen molar-refractivity contribution >= 4 is 39.0 Å². The minimum Gasteiger partial charge on any atom is -0.295 e. The molecule has 134 valence electrons. The van der Waals surface area contributed by atoms with Crippen LogP contribution in [0.15, 0.2) is 55.0 Å². The van der Waals surface area contributed by atoms with Gasteiger partial charge in [0, 0.05) is 36.6 Å². The SMILES string of the molecule is [B]C([B])(c1ccc(Cl)nc1)C1CCN(c2ccc(-c3ccncc3)nn2)C1=O. The lowest BCUT2D eigenvalue weighted by Gasteiger charge is -2.31. The molecule has 1 atom stereocenters. The topological polar surface area (TPSA) is 71.9 Å². The van der Waals surface area contributed by atoms with E-state index in [1.54, 1.807) is 35.5 Å². The zero-order valence-corrected chi connectivity index (χ0v) is 15.6. The zero-order valence-electron chi connectivity index (χ0n) is 14.9. The number of carbonyl (C=O) groups is 1. The summed E-state index contributed by atoms with van der Waals surface area (Å²) in [6.07, 6.45) is 5.38. The third-order valence-corrected chi connectivity index (χ3v) is 5.14. The quantitative estimate of drug-likeness (QED) is 0.508. The van der Waals surface area contributed by atoms with Crippen LogP contribution in [0.3, 0.4) is 0 Å². The van der Waals surface area contributed by atoms with Crippen molar-refractivity contribution in [1.29, 1.82) is 0 Å². The lowest BCUT2D eigenvalue weighted by atomic mass is 9.45. The van der Waals surface area contributed by atoms with Crippen molar-refractivity contribution in [3.8, 4) is 11.3 Å². The summed E-state index contributed by atoms with van der Waals surface area (Å²) in [5.74, 6) is -0.321. The highest BCUT2D eigenvalue weighted by atomic mass is 35.5. The summed E-state index contributed by atoms with van der Waals surface area (Å²) in [5.41, 5.74) is 2.16. The van der Waals surface area contributed by atoms with Crippen LogP contribution in [0.4, 0.5) is 5.82 Å². The van der Waals surface area contributed by atoms with Gasteiger partial charge in [-0.25, -0.2) is 4.98 Å². The maximum absolute atomic E-state index is 13.0. The molecule has 28 heavy (non-hydrogen) atoms. The van der Waals surface area contributed by atoms with Gasteiger partial charge in [-0.2, -0.15) is 0 Å². The lowest BCUT2D eigenvalue weighted by molar-refractivity contribution is -0.120. The van der Waals surface area contributed by atoms with Gasteiger partial charge in [0.25, 0.3) is 0 Å². The Balaban J connectivity index is 1.55. The molecule has 3 aromatic rings. The molecule has 4 heterocycles. The summed E-state index contributed by atoms with van der Waals surface area (Å²) in [7, 11) is 12.7. The number of anilines is 1. The Morgan fingerprint density at radius 2 is 1.86 bits per heavy atom. The molecular formula is C19H14B2ClN5O. The van der Waals surface area contributed by atoms with Crippen LogP contribution in [0.2, 0.25) is 5.15 Å². The van der Waals surface area contributed by atoms with E-state index in [1.807, 2.05) is 18.2 Å². The number of aromatic nitrogens is 4. The number of amides is 1. The molecule has 0 saturated carbocycles. The second-order valence-electron chi connectivity index (χ2n) is 6.65. The van der Waals surface area contributed by atoms with Crippen LogP contribution in [0.1, 0.15) is 12.0 Å². The highest BCUT2D eigenvalue weighted by molar-refractivity contribution is 6.42. The third-order valence-electron chi connectivity index (χ3n) is 4.91. The van der Waals surface area contributed by atoms with Crippen LogP contribution in [0, 0.1) is 5.92 Å². The predicted octanol–water partition coefficient (Wildman–Crippen LogP) is 2.13. The Morgan fingerprint density at radius 3 is 2.50 bits per heavy atom. The average molecular weight is 385 g/mol. The maximum atomic E-state index is 13.0. The van der Waals surface area contributed by atoms with Crippen molar-refractivity contribution in [1.82, 2.24) is 20.2 Å². The molecule has 0 aromatic carbocycles. The fourth-order valence-electron chi connectivity index (χ4n) is 3.33. The van der Waals surface area contributed by atoms with E-state index in [0.717, 1.165) is 5.56 Å². The number of carbonyl (C=O) groups excluding carboxylic acids is 1. The molecule has 4 radical (unpaired) electrons. The van der Waals surface area contributed by atoms with Crippen molar-refractivity contribution in [2.24, 2.45) is 5.92 Å². The Bertz CT molecular complexity index is 983. The Hall–Kier alpha value is -2.73. The highest BCUT2D eigenvalue weighted by Gasteiger charge is 2.43. The van der Waals surface area contributed by atoms with E-state index in [-0.39, 0.29) is 5.91 Å². The first kappa shape index (κ1) is 18.6. The van der Waals surface area contributed by atoms with E-state index in [9.17, 15) is 4.79 Å². The normalized spacial score (nSPS) is 17.1. The fourth-order valence-corrected chi connectivity index (χ4v) is 3.44. The number of rotatable bonds is 4. The first-order valence-electron chi connectivity index (χ1n) is 8.72. The summed E-state index contributed by atoms with van der Waals surface area (Å²) in [6.45, 7) is 0.462. The zero-order chi connectivity index (χ0) is 19.7. The number of halogens is 1. The molecule has 0 N–H and O–H groups in total. The van der Waals surface area contributed by atoms with Gasteiger partial charge in [0.15, 0.2) is 5.82 Å². The van der Waals surface area contributed by atoms with Crippen molar-refractivity contribution in [2.75, 3.05) is 11.4 Å². The van der Waals surface area contributed by atoms with Crippen molar-refractivity contribution < 1.29 is 4.79 Å². The lowest BCUT2D eigenvalue weighted by Crippen LogP contribution is -2.42. The third kappa shape index (κ3) is 3.40. The second kappa shape index (κ2) is 7.36. The number of nitrogens with zero attached hydrogens (tertiary/aromatic N) is 5. The summed E-state index contributed by atoms with van der Waals surface area (Å²) >= 11 is 5.82. The summed E-state index contributed by atoms with van der Waals surface area (Å²) in [5, 5.41) is 7.42. The van der Waals surface area contributed by atoms with Crippen LogP contribution < -0.4 is 4.90 Å². The molecular weight excluding hydrogens is 371 g/mol. The minimum absolute atomic E-state index is 0.189. The van der Waals surface area contributed by atoms with Gasteiger partial charge < -0.3 is 0 Å². The van der Waals surface area contributed by atoms with E-state index in [4.69, 9.17) is 27.3 Å². The van der Waals surface area contributed by atoms with Crippen LogP contribution in [0.25, 0.3) is 11.3 Å². The first-order valence-corrected chi connectivity index (χ1v) is 9.10. The van der Waals surface area contributed by atoms with Gasteiger partial charge in [-0.15, -0.1) is 10.2 Å². The van der Waals surface area contributed by atoms with Crippen LogP contribution in [-0.4, -0.2) is 48.3 Å². The van der Waals surface area contributed by atoms with Gasteiger partial charge in [-0.3, -0.25) is 14.7 Å². The molecule has 1 aliphatic rings. The number of hydrogen-bond donors (Lipinski definition) is 0. The fraction of sp³-hybridized carbons (Fsp3) is 0.211. The van der Waals surface area contributed by atoms with Crippen molar-refractivity contribution in [2.45, 2.75) is 11.6 Å². The van der Waals surface area contributed by atoms with Gasteiger partial charge >= 0.3 is 0 Å². The van der Waals surface area contributed by atoms with Gasteiger partial charge in [0.2, 0.25) is 5.91 Å². The van der Waals surface area contributed by atoms with Crippen molar-refractivity contribution in [3.63, 3.8) is 0 Å². The van der Waals surface area contributed by atoms with Gasteiger partial charge in [-0.1, -0.05) is 22.9 Å². The molecule has 0 spiro atoms. The summed E-state index contributed by atoms with van der Waals surface area (Å²) in [6, 6.07) is 10.6. The molecule has 1 amide bonds. The van der Waals surface area contributed by atoms with E-state index in [0.29, 0.717) is 35.2 Å². The summed E-state index contributed by atoms with van der Waals surface area (Å²) < 4.78 is 0. The van der Waals surface area contributed by atoms with Gasteiger partial charge in [0.05, 0.1) is 21.4 Å². The average Bonchev–Trinajstić information content (AvgIpc) is 3.11. The molecule has 3 aromatic heterocycles. The Morgan fingerprint density at radius 1 is 1.07 bits per heavy atom. The van der Waals surface area contributed by atoms with E-state index < -0.39 is 11.1 Å². The van der Waals surface area contributed by atoms with E-state index >= 15 is 0 Å². The molecule has 0 bridgehead atoms. The van der Waals surface area contributed by atoms with Gasteiger partial charge in [-0.05, 0) is 42.3 Å². The van der Waals surface area contributed by atoms with Crippen molar-refractivity contribution in [3.05, 3.63) is 65.7 Å². The minimum atomic E-state index is -1.35. The molecule has 4 rings (SSSR count). The second-order valence-corrected chi connectivity index (χ2v) is 7.03. The largest absolute Gasteiger partial charge is 0.295 e. The molecule has 1 saturated heterocycles. The smallest absolute Gasteiger partial charge is 0.230 e. The van der Waals surface area contributed by atoms with Crippen LogP contribution in [0.5, 0.6) is 0 Å². The number of pyridine rings is 2. The Kier molecular flexibility index (Phi) is 4.89. The van der Waals surface area contributed by atoms with Crippen LogP contribution >= 0.6 is 11.6 Å². The van der Waals surface area contributed by atoms with E-state index in [2.05, 4.69) is 20.2 Å². The molecule has 6 nitrogen and oxygen atoms in total. The maximum Gasteiger partial charge on any atom is 0.230 e.